The van der Waals surface area contributed by atoms with Crippen LogP contribution in [0.3, 0.4) is 0 Å². The summed E-state index contributed by atoms with van der Waals surface area (Å²) in [5, 5.41) is 8.91. The van der Waals surface area contributed by atoms with Gasteiger partial charge in [0.05, 0.1) is 11.6 Å². The molecule has 0 spiro atoms. The zero-order valence-electron chi connectivity index (χ0n) is 14.8. The summed E-state index contributed by atoms with van der Waals surface area (Å²) in [6, 6.07) is 16.7. The molecule has 142 valence electrons. The highest BCUT2D eigenvalue weighted by Crippen LogP contribution is 2.38. The van der Waals surface area contributed by atoms with Crippen LogP contribution in [-0.2, 0) is 6.18 Å². The number of ether oxygens (including phenoxy) is 1. The summed E-state index contributed by atoms with van der Waals surface area (Å²) in [6.45, 7) is 2.22. The van der Waals surface area contributed by atoms with Crippen LogP contribution in [0.5, 0.6) is 11.6 Å². The molecule has 1 aromatic heterocycles. The number of rotatable bonds is 5. The Morgan fingerprint density at radius 2 is 1.75 bits per heavy atom. The number of halogens is 3. The van der Waals surface area contributed by atoms with Gasteiger partial charge in [0.2, 0.25) is 11.8 Å². The second kappa shape index (κ2) is 7.96. The van der Waals surface area contributed by atoms with E-state index in [1.807, 2.05) is 13.0 Å². The van der Waals surface area contributed by atoms with Crippen molar-refractivity contribution in [2.24, 2.45) is 0 Å². The predicted molar refractivity (Wildman–Crippen MR) is 97.4 cm³/mol. The van der Waals surface area contributed by atoms with Crippen LogP contribution >= 0.6 is 0 Å². The van der Waals surface area contributed by atoms with Crippen LogP contribution in [0, 0.1) is 11.3 Å². The standard InChI is InChI=1S/C20H15F3N4O/c1-2-27(15-10-8-14(12-24)9-11-15)19-25-13-17(20(21,22)23)18(26-19)28-16-6-4-3-5-7-16/h3-11,13H,2H2,1H3. The lowest BCUT2D eigenvalue weighted by molar-refractivity contribution is -0.139. The minimum absolute atomic E-state index is 0.0612. The third-order valence-corrected chi connectivity index (χ3v) is 3.87. The maximum absolute atomic E-state index is 13.4. The molecule has 0 aliphatic heterocycles. The molecular weight excluding hydrogens is 369 g/mol. The third-order valence-electron chi connectivity index (χ3n) is 3.87. The average Bonchev–Trinajstić information content (AvgIpc) is 2.69. The molecule has 0 saturated heterocycles. The molecule has 0 amide bonds. The maximum Gasteiger partial charge on any atom is 0.423 e. The molecule has 1 heterocycles. The molecule has 0 aliphatic rings. The van der Waals surface area contributed by atoms with Crippen molar-refractivity contribution in [1.82, 2.24) is 9.97 Å². The first-order valence-corrected chi connectivity index (χ1v) is 8.37. The van der Waals surface area contributed by atoms with E-state index in [4.69, 9.17) is 10.00 Å². The predicted octanol–water partition coefficient (Wildman–Crippen LogP) is 5.32. The number of aromatic nitrogens is 2. The number of anilines is 2. The van der Waals surface area contributed by atoms with Crippen LogP contribution in [0.4, 0.5) is 24.8 Å². The highest BCUT2D eigenvalue weighted by atomic mass is 19.4. The van der Waals surface area contributed by atoms with E-state index in [1.54, 1.807) is 59.5 Å². The van der Waals surface area contributed by atoms with Gasteiger partial charge in [0.1, 0.15) is 11.3 Å². The minimum Gasteiger partial charge on any atom is -0.438 e. The number of hydrogen-bond donors (Lipinski definition) is 0. The van der Waals surface area contributed by atoms with Gasteiger partial charge in [-0.15, -0.1) is 0 Å². The number of nitrogens with zero attached hydrogens (tertiary/aromatic N) is 4. The summed E-state index contributed by atoms with van der Waals surface area (Å²) in [6.07, 6.45) is -3.94. The van der Waals surface area contributed by atoms with Crippen molar-refractivity contribution in [3.8, 4) is 17.7 Å². The van der Waals surface area contributed by atoms with Crippen molar-refractivity contribution < 1.29 is 17.9 Å². The molecule has 3 aromatic rings. The monoisotopic (exact) mass is 384 g/mol. The van der Waals surface area contributed by atoms with E-state index in [9.17, 15) is 13.2 Å². The normalized spacial score (nSPS) is 11.0. The van der Waals surface area contributed by atoms with E-state index in [0.29, 0.717) is 24.0 Å². The molecule has 8 heteroatoms. The van der Waals surface area contributed by atoms with Crippen LogP contribution < -0.4 is 9.64 Å². The van der Waals surface area contributed by atoms with Crippen molar-refractivity contribution in [3.05, 3.63) is 71.9 Å². The smallest absolute Gasteiger partial charge is 0.423 e. The summed E-state index contributed by atoms with van der Waals surface area (Å²) < 4.78 is 45.5. The largest absolute Gasteiger partial charge is 0.438 e. The molecule has 0 radical (unpaired) electrons. The van der Waals surface area contributed by atoms with Crippen LogP contribution in [0.25, 0.3) is 0 Å². The van der Waals surface area contributed by atoms with Gasteiger partial charge in [-0.2, -0.15) is 23.4 Å². The first kappa shape index (κ1) is 19.2. The SMILES string of the molecule is CCN(c1ccc(C#N)cc1)c1ncc(C(F)(F)F)c(Oc2ccccc2)n1. The summed E-state index contributed by atoms with van der Waals surface area (Å²) in [7, 11) is 0. The molecule has 0 saturated carbocycles. The topological polar surface area (TPSA) is 62.0 Å². The number of alkyl halides is 3. The Bertz CT molecular complexity index is 983. The number of nitriles is 1. The fourth-order valence-electron chi connectivity index (χ4n) is 2.52. The number of hydrogen-bond acceptors (Lipinski definition) is 5. The van der Waals surface area contributed by atoms with Gasteiger partial charge in [-0.25, -0.2) is 4.98 Å². The van der Waals surface area contributed by atoms with Gasteiger partial charge in [-0.05, 0) is 43.3 Å². The summed E-state index contributed by atoms with van der Waals surface area (Å²) in [4.78, 5) is 9.54. The summed E-state index contributed by atoms with van der Waals surface area (Å²) >= 11 is 0. The molecule has 0 fully saturated rings. The van der Waals surface area contributed by atoms with E-state index in [-0.39, 0.29) is 11.7 Å². The van der Waals surface area contributed by atoms with Crippen molar-refractivity contribution in [1.29, 1.82) is 5.26 Å². The molecule has 2 aromatic carbocycles. The maximum atomic E-state index is 13.4. The molecule has 28 heavy (non-hydrogen) atoms. The molecule has 0 atom stereocenters. The van der Waals surface area contributed by atoms with Crippen LogP contribution in [-0.4, -0.2) is 16.5 Å². The first-order chi connectivity index (χ1) is 13.4. The fourth-order valence-corrected chi connectivity index (χ4v) is 2.52. The van der Waals surface area contributed by atoms with Crippen molar-refractivity contribution in [2.75, 3.05) is 11.4 Å². The van der Waals surface area contributed by atoms with Crippen LogP contribution in [0.2, 0.25) is 0 Å². The van der Waals surface area contributed by atoms with Gasteiger partial charge >= 0.3 is 6.18 Å². The Morgan fingerprint density at radius 1 is 1.07 bits per heavy atom. The molecular formula is C20H15F3N4O. The lowest BCUT2D eigenvalue weighted by Gasteiger charge is -2.22. The fraction of sp³-hybridized carbons (Fsp3) is 0.150. The molecule has 5 nitrogen and oxygen atoms in total. The van der Waals surface area contributed by atoms with Gasteiger partial charge in [-0.3, -0.25) is 0 Å². The van der Waals surface area contributed by atoms with Crippen molar-refractivity contribution >= 4 is 11.6 Å². The number of para-hydroxylation sites is 1. The van der Waals surface area contributed by atoms with E-state index < -0.39 is 17.6 Å². The Morgan fingerprint density at radius 3 is 2.32 bits per heavy atom. The van der Waals surface area contributed by atoms with E-state index >= 15 is 0 Å². The zero-order chi connectivity index (χ0) is 20.1. The Balaban J connectivity index is 2.03. The first-order valence-electron chi connectivity index (χ1n) is 8.37. The molecule has 0 unspecified atom stereocenters. The van der Waals surface area contributed by atoms with Gasteiger partial charge in [0.15, 0.2) is 0 Å². The molecule has 3 rings (SSSR count). The zero-order valence-corrected chi connectivity index (χ0v) is 14.8. The van der Waals surface area contributed by atoms with E-state index in [0.717, 1.165) is 0 Å². The van der Waals surface area contributed by atoms with Crippen LogP contribution in [0.15, 0.2) is 60.8 Å². The second-order valence-corrected chi connectivity index (χ2v) is 5.70. The van der Waals surface area contributed by atoms with Gasteiger partial charge in [0.25, 0.3) is 0 Å². The molecule has 0 N–H and O–H groups in total. The lowest BCUT2D eigenvalue weighted by Crippen LogP contribution is -2.20. The van der Waals surface area contributed by atoms with Gasteiger partial charge in [-0.1, -0.05) is 18.2 Å². The minimum atomic E-state index is -4.66. The third kappa shape index (κ3) is 4.20. The van der Waals surface area contributed by atoms with Gasteiger partial charge in [0, 0.05) is 18.4 Å². The highest BCUT2D eigenvalue weighted by Gasteiger charge is 2.37. The summed E-state index contributed by atoms with van der Waals surface area (Å²) in [5.41, 5.74) is 0.0594. The Labute approximate surface area is 159 Å². The molecule has 0 bridgehead atoms. The van der Waals surface area contributed by atoms with E-state index in [2.05, 4.69) is 9.97 Å². The quantitative estimate of drug-likeness (QED) is 0.596. The van der Waals surface area contributed by atoms with Crippen LogP contribution in [0.1, 0.15) is 18.1 Å². The van der Waals surface area contributed by atoms with E-state index in [1.165, 1.54) is 0 Å². The van der Waals surface area contributed by atoms with Crippen molar-refractivity contribution in [3.63, 3.8) is 0 Å². The average molecular weight is 384 g/mol. The Hall–Kier alpha value is -3.60. The second-order valence-electron chi connectivity index (χ2n) is 5.70. The number of benzene rings is 2. The molecule has 0 aliphatic carbocycles. The van der Waals surface area contributed by atoms with Gasteiger partial charge < -0.3 is 9.64 Å². The Kier molecular flexibility index (Phi) is 5.45. The lowest BCUT2D eigenvalue weighted by atomic mass is 10.2. The summed E-state index contributed by atoms with van der Waals surface area (Å²) in [5.74, 6) is -0.277. The highest BCUT2D eigenvalue weighted by molar-refractivity contribution is 5.59. The van der Waals surface area contributed by atoms with Crippen molar-refractivity contribution in [2.45, 2.75) is 13.1 Å².